The largest absolute Gasteiger partial charge is 0.411 e. The highest BCUT2D eigenvalue weighted by Crippen LogP contribution is 2.41. The van der Waals surface area contributed by atoms with E-state index >= 15 is 0 Å². The SMILES string of the molecule is O/N=C1/CC[C@H]2CCC[C@@H]12. The van der Waals surface area contributed by atoms with Gasteiger partial charge in [0.1, 0.15) is 0 Å². The van der Waals surface area contributed by atoms with Crippen molar-refractivity contribution >= 4 is 5.71 Å². The average Bonchev–Trinajstić information content (AvgIpc) is 2.44. The van der Waals surface area contributed by atoms with Crippen LogP contribution in [0.3, 0.4) is 0 Å². The molecule has 2 aliphatic rings. The topological polar surface area (TPSA) is 32.6 Å². The summed E-state index contributed by atoms with van der Waals surface area (Å²) in [5.74, 6) is 1.52. The van der Waals surface area contributed by atoms with E-state index < -0.39 is 0 Å². The molecule has 0 unspecified atom stereocenters. The second-order valence-electron chi connectivity index (χ2n) is 3.43. The minimum absolute atomic E-state index is 0.657. The lowest BCUT2D eigenvalue weighted by Gasteiger charge is -2.05. The monoisotopic (exact) mass is 139 g/mol. The first-order chi connectivity index (χ1) is 4.92. The molecule has 0 heterocycles. The van der Waals surface area contributed by atoms with E-state index in [0.29, 0.717) is 5.92 Å². The molecule has 2 heteroatoms. The molecule has 2 rings (SSSR count). The van der Waals surface area contributed by atoms with Crippen LogP contribution in [-0.4, -0.2) is 10.9 Å². The van der Waals surface area contributed by atoms with E-state index in [0.717, 1.165) is 18.1 Å². The lowest BCUT2D eigenvalue weighted by atomic mass is 10.00. The number of oxime groups is 1. The zero-order valence-corrected chi connectivity index (χ0v) is 6.08. The van der Waals surface area contributed by atoms with Gasteiger partial charge in [-0.25, -0.2) is 0 Å². The van der Waals surface area contributed by atoms with E-state index in [9.17, 15) is 0 Å². The van der Waals surface area contributed by atoms with Crippen LogP contribution < -0.4 is 0 Å². The van der Waals surface area contributed by atoms with E-state index in [4.69, 9.17) is 5.21 Å². The van der Waals surface area contributed by atoms with Gasteiger partial charge in [0, 0.05) is 5.92 Å². The summed E-state index contributed by atoms with van der Waals surface area (Å²) in [7, 11) is 0. The molecule has 2 fully saturated rings. The first kappa shape index (κ1) is 6.20. The summed E-state index contributed by atoms with van der Waals surface area (Å²) < 4.78 is 0. The van der Waals surface area contributed by atoms with Crippen LogP contribution in [0.15, 0.2) is 5.16 Å². The molecule has 2 nitrogen and oxygen atoms in total. The Kier molecular flexibility index (Phi) is 1.40. The summed E-state index contributed by atoms with van der Waals surface area (Å²) in [5.41, 5.74) is 1.07. The summed E-state index contributed by atoms with van der Waals surface area (Å²) in [6.45, 7) is 0. The van der Waals surface area contributed by atoms with E-state index in [-0.39, 0.29) is 0 Å². The third-order valence-corrected chi connectivity index (χ3v) is 2.99. The Balaban J connectivity index is 2.15. The van der Waals surface area contributed by atoms with E-state index in [1.165, 1.54) is 25.7 Å². The van der Waals surface area contributed by atoms with Gasteiger partial charge < -0.3 is 5.21 Å². The molecule has 2 saturated carbocycles. The zero-order chi connectivity index (χ0) is 6.97. The van der Waals surface area contributed by atoms with Crippen LogP contribution in [0.25, 0.3) is 0 Å². The van der Waals surface area contributed by atoms with Gasteiger partial charge in [-0.2, -0.15) is 0 Å². The third-order valence-electron chi connectivity index (χ3n) is 2.99. The summed E-state index contributed by atoms with van der Waals surface area (Å²) in [6.07, 6.45) is 6.29. The minimum Gasteiger partial charge on any atom is -0.411 e. The summed E-state index contributed by atoms with van der Waals surface area (Å²) in [6, 6.07) is 0. The quantitative estimate of drug-likeness (QED) is 0.404. The van der Waals surface area contributed by atoms with Crippen molar-refractivity contribution in [3.05, 3.63) is 0 Å². The highest BCUT2D eigenvalue weighted by molar-refractivity contribution is 5.88. The molecule has 2 atom stereocenters. The van der Waals surface area contributed by atoms with Crippen LogP contribution in [0, 0.1) is 11.8 Å². The Morgan fingerprint density at radius 1 is 1.30 bits per heavy atom. The second kappa shape index (κ2) is 2.26. The number of rotatable bonds is 0. The van der Waals surface area contributed by atoms with E-state index in [1.54, 1.807) is 0 Å². The highest BCUT2D eigenvalue weighted by atomic mass is 16.4. The smallest absolute Gasteiger partial charge is 0.0604 e. The van der Waals surface area contributed by atoms with Crippen molar-refractivity contribution in [2.75, 3.05) is 0 Å². The first-order valence-electron chi connectivity index (χ1n) is 4.12. The molecule has 1 N–H and O–H groups in total. The number of hydrogen-bond acceptors (Lipinski definition) is 2. The van der Waals surface area contributed by atoms with Gasteiger partial charge >= 0.3 is 0 Å². The van der Waals surface area contributed by atoms with Crippen LogP contribution in [0.4, 0.5) is 0 Å². The molecule has 0 spiro atoms. The summed E-state index contributed by atoms with van der Waals surface area (Å²) >= 11 is 0. The molecule has 0 saturated heterocycles. The van der Waals surface area contributed by atoms with Crippen molar-refractivity contribution in [2.45, 2.75) is 32.1 Å². The highest BCUT2D eigenvalue weighted by Gasteiger charge is 2.36. The van der Waals surface area contributed by atoms with Crippen molar-refractivity contribution < 1.29 is 5.21 Å². The standard InChI is InChI=1S/C8H13NO/c10-9-8-5-4-6-2-1-3-7(6)8/h6-7,10H,1-5H2/b9-8-/t6-,7-/m1/s1. The number of nitrogens with zero attached hydrogens (tertiary/aromatic N) is 1. The molecule has 0 amide bonds. The van der Waals surface area contributed by atoms with Crippen molar-refractivity contribution in [3.8, 4) is 0 Å². The van der Waals surface area contributed by atoms with Crippen molar-refractivity contribution in [2.24, 2.45) is 17.0 Å². The van der Waals surface area contributed by atoms with Crippen LogP contribution in [0.5, 0.6) is 0 Å². The fourth-order valence-corrected chi connectivity index (χ4v) is 2.46. The van der Waals surface area contributed by atoms with Gasteiger partial charge in [0.05, 0.1) is 5.71 Å². The van der Waals surface area contributed by atoms with Gasteiger partial charge in [-0.15, -0.1) is 0 Å². The summed E-state index contributed by atoms with van der Waals surface area (Å²) in [5, 5.41) is 11.9. The predicted octanol–water partition coefficient (Wildman–Crippen LogP) is 2.03. The van der Waals surface area contributed by atoms with E-state index in [2.05, 4.69) is 5.16 Å². The van der Waals surface area contributed by atoms with Crippen LogP contribution in [0.1, 0.15) is 32.1 Å². The Hall–Kier alpha value is -0.530. The fraction of sp³-hybridized carbons (Fsp3) is 0.875. The number of fused-ring (bicyclic) bond motifs is 1. The zero-order valence-electron chi connectivity index (χ0n) is 6.08. The lowest BCUT2D eigenvalue weighted by molar-refractivity contribution is 0.314. The molecule has 0 aliphatic heterocycles. The summed E-state index contributed by atoms with van der Waals surface area (Å²) in [4.78, 5) is 0. The van der Waals surface area contributed by atoms with Gasteiger partial charge in [0.2, 0.25) is 0 Å². The van der Waals surface area contributed by atoms with Crippen LogP contribution in [-0.2, 0) is 0 Å². The fourth-order valence-electron chi connectivity index (χ4n) is 2.46. The molecule has 0 aromatic rings. The molecule has 0 aromatic heterocycles. The maximum absolute atomic E-state index is 8.60. The third kappa shape index (κ3) is 0.746. The van der Waals surface area contributed by atoms with Crippen LogP contribution in [0.2, 0.25) is 0 Å². The number of hydrogen-bond donors (Lipinski definition) is 1. The van der Waals surface area contributed by atoms with Gasteiger partial charge in [-0.1, -0.05) is 11.6 Å². The lowest BCUT2D eigenvalue weighted by Crippen LogP contribution is -2.07. The maximum Gasteiger partial charge on any atom is 0.0604 e. The molecular formula is C8H13NO. The van der Waals surface area contributed by atoms with Gasteiger partial charge in [-0.05, 0) is 31.6 Å². The maximum atomic E-state index is 8.60. The Labute approximate surface area is 60.9 Å². The van der Waals surface area contributed by atoms with Gasteiger partial charge in [0.15, 0.2) is 0 Å². The van der Waals surface area contributed by atoms with Crippen LogP contribution >= 0.6 is 0 Å². The second-order valence-corrected chi connectivity index (χ2v) is 3.43. The van der Waals surface area contributed by atoms with Gasteiger partial charge in [-0.3, -0.25) is 0 Å². The normalized spacial score (nSPS) is 42.6. The van der Waals surface area contributed by atoms with Crippen molar-refractivity contribution in [1.82, 2.24) is 0 Å². The average molecular weight is 139 g/mol. The Morgan fingerprint density at radius 2 is 2.20 bits per heavy atom. The molecule has 0 bridgehead atoms. The Morgan fingerprint density at radius 3 is 3.00 bits per heavy atom. The molecule has 2 aliphatic carbocycles. The molecule has 56 valence electrons. The van der Waals surface area contributed by atoms with Gasteiger partial charge in [0.25, 0.3) is 0 Å². The molecular weight excluding hydrogens is 126 g/mol. The minimum atomic E-state index is 0.657. The molecule has 0 radical (unpaired) electrons. The van der Waals surface area contributed by atoms with Crippen molar-refractivity contribution in [3.63, 3.8) is 0 Å². The molecule has 10 heavy (non-hydrogen) atoms. The predicted molar refractivity (Wildman–Crippen MR) is 39.3 cm³/mol. The van der Waals surface area contributed by atoms with E-state index in [1.807, 2.05) is 0 Å². The molecule has 0 aromatic carbocycles. The Bertz CT molecular complexity index is 165. The van der Waals surface area contributed by atoms with Crippen molar-refractivity contribution in [1.29, 1.82) is 0 Å². The first-order valence-corrected chi connectivity index (χ1v) is 4.12.